The molecule has 0 aliphatic carbocycles. The highest BCUT2D eigenvalue weighted by molar-refractivity contribution is 9.10. The van der Waals surface area contributed by atoms with E-state index < -0.39 is 12.0 Å². The maximum absolute atomic E-state index is 13.9. The molecule has 1 unspecified atom stereocenters. The second-order valence-electron chi connectivity index (χ2n) is 6.24. The van der Waals surface area contributed by atoms with Crippen molar-refractivity contribution in [2.45, 2.75) is 23.9 Å². The molecule has 0 bridgehead atoms. The zero-order valence-corrected chi connectivity index (χ0v) is 17.9. The molecule has 7 nitrogen and oxygen atoms in total. The van der Waals surface area contributed by atoms with E-state index in [1.54, 1.807) is 41.9 Å². The standard InChI is InChI=1S/C19H16BrFN4O3S/c1-10-15(17(26)27-2)16(13-7-8-14(20)28-13)25-18(22-10)23-19(24-25)29-9-11-5-3-4-6-12(11)21/h3-8,16H,9H2,1-2H3,(H,22,23,24). The summed E-state index contributed by atoms with van der Waals surface area (Å²) in [6, 6.07) is 9.44. The van der Waals surface area contributed by atoms with Crippen molar-refractivity contribution in [2.24, 2.45) is 0 Å². The van der Waals surface area contributed by atoms with Crippen molar-refractivity contribution in [3.8, 4) is 0 Å². The molecule has 1 atom stereocenters. The van der Waals surface area contributed by atoms with E-state index in [1.165, 1.54) is 24.9 Å². The third kappa shape index (κ3) is 3.82. The third-order valence-electron chi connectivity index (χ3n) is 4.42. The Morgan fingerprint density at radius 2 is 2.17 bits per heavy atom. The number of hydrogen-bond acceptors (Lipinski definition) is 7. The summed E-state index contributed by atoms with van der Waals surface area (Å²) >= 11 is 4.59. The van der Waals surface area contributed by atoms with Gasteiger partial charge in [0.1, 0.15) is 17.6 Å². The largest absolute Gasteiger partial charge is 0.466 e. The number of aromatic nitrogens is 3. The second-order valence-corrected chi connectivity index (χ2v) is 7.97. The van der Waals surface area contributed by atoms with Crippen molar-refractivity contribution in [2.75, 3.05) is 12.4 Å². The Labute approximate surface area is 178 Å². The summed E-state index contributed by atoms with van der Waals surface area (Å²) in [7, 11) is 1.32. The molecule has 0 spiro atoms. The van der Waals surface area contributed by atoms with Gasteiger partial charge in [-0.2, -0.15) is 4.98 Å². The van der Waals surface area contributed by atoms with Gasteiger partial charge in [-0.25, -0.2) is 13.9 Å². The SMILES string of the molecule is COC(=O)C1=C(C)Nc2nc(SCc3ccccc3F)nn2C1c1ccc(Br)o1. The average Bonchev–Trinajstić information content (AvgIpc) is 3.31. The number of carbonyl (C=O) groups is 1. The summed E-state index contributed by atoms with van der Waals surface area (Å²) in [6.07, 6.45) is 0. The van der Waals surface area contributed by atoms with Crippen LogP contribution in [0.3, 0.4) is 0 Å². The molecule has 29 heavy (non-hydrogen) atoms. The lowest BCUT2D eigenvalue weighted by Gasteiger charge is -2.25. The zero-order chi connectivity index (χ0) is 20.5. The molecule has 2 aromatic heterocycles. The Balaban J connectivity index is 1.69. The van der Waals surface area contributed by atoms with E-state index in [4.69, 9.17) is 9.15 Å². The fraction of sp³-hybridized carbons (Fsp3) is 0.211. The van der Waals surface area contributed by atoms with Gasteiger partial charge in [-0.05, 0) is 46.6 Å². The van der Waals surface area contributed by atoms with Crippen molar-refractivity contribution >= 4 is 39.6 Å². The number of fused-ring (bicyclic) bond motifs is 1. The topological polar surface area (TPSA) is 82.2 Å². The summed E-state index contributed by atoms with van der Waals surface area (Å²) in [5, 5.41) is 8.07. The number of anilines is 1. The van der Waals surface area contributed by atoms with Crippen LogP contribution in [-0.2, 0) is 15.3 Å². The molecule has 0 saturated carbocycles. The molecule has 1 aliphatic heterocycles. The first-order chi connectivity index (χ1) is 14.0. The monoisotopic (exact) mass is 478 g/mol. The Bertz CT molecular complexity index is 1110. The van der Waals surface area contributed by atoms with Gasteiger partial charge < -0.3 is 14.5 Å². The molecular formula is C19H16BrFN4O3S. The fourth-order valence-electron chi connectivity index (χ4n) is 3.06. The molecule has 0 fully saturated rings. The Kier molecular flexibility index (Phi) is 5.46. The third-order valence-corrected chi connectivity index (χ3v) is 5.73. The van der Waals surface area contributed by atoms with Gasteiger partial charge in [0.05, 0.1) is 12.7 Å². The number of nitrogens with one attached hydrogen (secondary N) is 1. The lowest BCUT2D eigenvalue weighted by molar-refractivity contribution is -0.136. The van der Waals surface area contributed by atoms with E-state index >= 15 is 0 Å². The van der Waals surface area contributed by atoms with Gasteiger partial charge in [0.15, 0.2) is 4.67 Å². The van der Waals surface area contributed by atoms with Crippen LogP contribution in [0.4, 0.5) is 10.3 Å². The summed E-state index contributed by atoms with van der Waals surface area (Å²) in [4.78, 5) is 16.9. The smallest absolute Gasteiger partial charge is 0.338 e. The number of esters is 1. The van der Waals surface area contributed by atoms with Crippen molar-refractivity contribution in [3.63, 3.8) is 0 Å². The van der Waals surface area contributed by atoms with Crippen LogP contribution in [0.25, 0.3) is 0 Å². The van der Waals surface area contributed by atoms with Crippen LogP contribution in [0.15, 0.2) is 61.9 Å². The molecule has 150 valence electrons. The zero-order valence-electron chi connectivity index (χ0n) is 15.5. The van der Waals surface area contributed by atoms with Gasteiger partial charge in [-0.1, -0.05) is 30.0 Å². The van der Waals surface area contributed by atoms with Gasteiger partial charge in [-0.3, -0.25) is 0 Å². The van der Waals surface area contributed by atoms with Crippen LogP contribution < -0.4 is 5.32 Å². The minimum atomic E-state index is -0.639. The number of halogens is 2. The number of rotatable bonds is 5. The van der Waals surface area contributed by atoms with Crippen LogP contribution in [0, 0.1) is 5.82 Å². The minimum Gasteiger partial charge on any atom is -0.466 e. The number of thioether (sulfide) groups is 1. The number of allylic oxidation sites excluding steroid dienone is 1. The van der Waals surface area contributed by atoms with Crippen LogP contribution in [-0.4, -0.2) is 27.8 Å². The van der Waals surface area contributed by atoms with E-state index in [0.29, 0.717) is 44.1 Å². The minimum absolute atomic E-state index is 0.272. The highest BCUT2D eigenvalue weighted by Gasteiger charge is 2.36. The molecular weight excluding hydrogens is 463 g/mol. The van der Waals surface area contributed by atoms with E-state index in [9.17, 15) is 9.18 Å². The molecule has 3 aromatic rings. The van der Waals surface area contributed by atoms with E-state index in [-0.39, 0.29) is 5.82 Å². The molecule has 3 heterocycles. The number of methoxy groups -OCH3 is 1. The van der Waals surface area contributed by atoms with Gasteiger partial charge >= 0.3 is 5.97 Å². The number of benzene rings is 1. The van der Waals surface area contributed by atoms with Crippen LogP contribution in [0.5, 0.6) is 0 Å². The fourth-order valence-corrected chi connectivity index (χ4v) is 4.20. The van der Waals surface area contributed by atoms with E-state index in [0.717, 1.165) is 0 Å². The number of ether oxygens (including phenoxy) is 1. The van der Waals surface area contributed by atoms with Gasteiger partial charge in [-0.15, -0.1) is 5.10 Å². The first-order valence-corrected chi connectivity index (χ1v) is 10.4. The maximum atomic E-state index is 13.9. The van der Waals surface area contributed by atoms with Crippen LogP contribution in [0.2, 0.25) is 0 Å². The highest BCUT2D eigenvalue weighted by Crippen LogP contribution is 2.38. The molecule has 10 heteroatoms. The Hall–Kier alpha value is -2.59. The van der Waals surface area contributed by atoms with Crippen molar-refractivity contribution < 1.29 is 18.3 Å². The van der Waals surface area contributed by atoms with Crippen molar-refractivity contribution in [1.82, 2.24) is 14.8 Å². The predicted molar refractivity (Wildman–Crippen MR) is 109 cm³/mol. The number of furan rings is 1. The van der Waals surface area contributed by atoms with E-state index in [2.05, 4.69) is 31.3 Å². The highest BCUT2D eigenvalue weighted by atomic mass is 79.9. The first kappa shape index (κ1) is 19.7. The van der Waals surface area contributed by atoms with Crippen LogP contribution >= 0.6 is 27.7 Å². The first-order valence-electron chi connectivity index (χ1n) is 8.62. The number of carbonyl (C=O) groups excluding carboxylic acids is 1. The number of hydrogen-bond donors (Lipinski definition) is 1. The molecule has 1 aliphatic rings. The van der Waals surface area contributed by atoms with Gasteiger partial charge in [0, 0.05) is 11.4 Å². The molecule has 0 saturated heterocycles. The lowest BCUT2D eigenvalue weighted by Crippen LogP contribution is -2.29. The molecule has 0 radical (unpaired) electrons. The summed E-state index contributed by atoms with van der Waals surface area (Å²) in [5.41, 5.74) is 1.53. The molecule has 0 amide bonds. The number of nitrogens with zero attached hydrogens (tertiary/aromatic N) is 3. The molecule has 1 aromatic carbocycles. The predicted octanol–water partition coefficient (Wildman–Crippen LogP) is 4.53. The lowest BCUT2D eigenvalue weighted by atomic mass is 10.0. The second kappa shape index (κ2) is 8.03. The van der Waals surface area contributed by atoms with Crippen molar-refractivity contribution in [3.05, 3.63) is 69.5 Å². The van der Waals surface area contributed by atoms with Crippen LogP contribution in [0.1, 0.15) is 24.3 Å². The summed E-state index contributed by atoms with van der Waals surface area (Å²) < 4.78 is 26.7. The maximum Gasteiger partial charge on any atom is 0.338 e. The van der Waals surface area contributed by atoms with Gasteiger partial charge in [0.25, 0.3) is 0 Å². The normalized spacial score (nSPS) is 15.8. The Morgan fingerprint density at radius 3 is 2.86 bits per heavy atom. The van der Waals surface area contributed by atoms with E-state index in [1.807, 2.05) is 0 Å². The average molecular weight is 479 g/mol. The summed E-state index contributed by atoms with van der Waals surface area (Å²) in [5.74, 6) is 0.586. The van der Waals surface area contributed by atoms with Gasteiger partial charge in [0.2, 0.25) is 11.1 Å². The quantitative estimate of drug-likeness (QED) is 0.426. The Morgan fingerprint density at radius 1 is 1.38 bits per heavy atom. The summed E-state index contributed by atoms with van der Waals surface area (Å²) in [6.45, 7) is 1.77. The molecule has 1 N–H and O–H groups in total. The molecule has 4 rings (SSSR count). The van der Waals surface area contributed by atoms with Crippen molar-refractivity contribution in [1.29, 1.82) is 0 Å².